The molecule has 148 valence electrons. The Kier molecular flexibility index (Phi) is 6.82. The molecule has 1 aliphatic rings. The lowest BCUT2D eigenvalue weighted by molar-refractivity contribution is 0.470. The predicted octanol–water partition coefficient (Wildman–Crippen LogP) is 2.84. The molecule has 2 aromatic rings. The molecule has 0 aliphatic heterocycles. The molecule has 0 saturated heterocycles. The van der Waals surface area contributed by atoms with Gasteiger partial charge in [0.05, 0.1) is 12.2 Å². The van der Waals surface area contributed by atoms with E-state index in [1.165, 1.54) is 34.8 Å². The first-order chi connectivity index (χ1) is 13.1. The number of nitrogens with zero attached hydrogens (tertiary/aromatic N) is 6. The molecule has 0 atom stereocenters. The van der Waals surface area contributed by atoms with Gasteiger partial charge in [-0.3, -0.25) is 0 Å². The highest BCUT2D eigenvalue weighted by Crippen LogP contribution is 2.27. The first-order valence-corrected chi connectivity index (χ1v) is 10.7. The van der Waals surface area contributed by atoms with Crippen LogP contribution in [0.25, 0.3) is 0 Å². The molecule has 0 unspecified atom stereocenters. The first-order valence-electron chi connectivity index (χ1n) is 9.90. The van der Waals surface area contributed by atoms with Crippen molar-refractivity contribution in [3.63, 3.8) is 0 Å². The number of guanidine groups is 1. The Bertz CT molecular complexity index is 754. The van der Waals surface area contributed by atoms with Crippen molar-refractivity contribution in [1.29, 1.82) is 0 Å². The summed E-state index contributed by atoms with van der Waals surface area (Å²) in [5.74, 6) is 2.68. The van der Waals surface area contributed by atoms with Gasteiger partial charge in [0.1, 0.15) is 17.4 Å². The maximum Gasteiger partial charge on any atom is 0.194 e. The van der Waals surface area contributed by atoms with Crippen LogP contribution in [0.5, 0.6) is 0 Å². The molecule has 7 nitrogen and oxygen atoms in total. The van der Waals surface area contributed by atoms with E-state index in [1.54, 1.807) is 0 Å². The molecule has 0 amide bonds. The average molecular weight is 390 g/mol. The molecule has 0 spiro atoms. The number of thiazole rings is 1. The molecule has 2 aromatic heterocycles. The van der Waals surface area contributed by atoms with Crippen molar-refractivity contribution in [2.45, 2.75) is 65.5 Å². The van der Waals surface area contributed by atoms with Crippen molar-refractivity contribution in [2.24, 2.45) is 12.0 Å². The monoisotopic (exact) mass is 389 g/mol. The van der Waals surface area contributed by atoms with Crippen molar-refractivity contribution < 1.29 is 0 Å². The molecule has 0 bridgehead atoms. The van der Waals surface area contributed by atoms with Crippen molar-refractivity contribution in [2.75, 3.05) is 13.6 Å². The van der Waals surface area contributed by atoms with Gasteiger partial charge in [0, 0.05) is 25.5 Å². The number of aromatic nitrogens is 4. The molecule has 8 heteroatoms. The minimum absolute atomic E-state index is 0.518. The van der Waals surface area contributed by atoms with Crippen LogP contribution in [0.2, 0.25) is 0 Å². The van der Waals surface area contributed by atoms with Crippen LogP contribution in [0.1, 0.15) is 59.8 Å². The second kappa shape index (κ2) is 9.30. The second-order valence-electron chi connectivity index (χ2n) is 7.18. The van der Waals surface area contributed by atoms with Gasteiger partial charge in [0.25, 0.3) is 0 Å². The summed E-state index contributed by atoms with van der Waals surface area (Å²) in [6, 6.07) is 0. The number of rotatable bonds is 7. The second-order valence-corrected chi connectivity index (χ2v) is 8.35. The standard InChI is InChI=1S/C19H31N7S/c1-5-6-11-20-19(21-12-17-24-23-14(2)26(17)4)25(3)13-18-22-15-9-7-8-10-16(15)27-18/h5-13H2,1-4H3,(H,20,21). The van der Waals surface area contributed by atoms with E-state index in [2.05, 4.69) is 34.4 Å². The smallest absolute Gasteiger partial charge is 0.194 e. The number of hydrogen-bond donors (Lipinski definition) is 1. The maximum absolute atomic E-state index is 4.87. The van der Waals surface area contributed by atoms with E-state index >= 15 is 0 Å². The SMILES string of the molecule is CCCCNC(=NCc1nnc(C)n1C)N(C)Cc1nc2c(s1)CCCC2. The number of fused-ring (bicyclic) bond motifs is 1. The van der Waals surface area contributed by atoms with Gasteiger partial charge in [-0.15, -0.1) is 21.5 Å². The van der Waals surface area contributed by atoms with Gasteiger partial charge in [-0.2, -0.15) is 0 Å². The summed E-state index contributed by atoms with van der Waals surface area (Å²) in [4.78, 5) is 13.3. The molecule has 27 heavy (non-hydrogen) atoms. The molecule has 0 aromatic carbocycles. The third kappa shape index (κ3) is 5.06. The minimum Gasteiger partial charge on any atom is -0.356 e. The quantitative estimate of drug-likeness (QED) is 0.448. The van der Waals surface area contributed by atoms with Crippen LogP contribution < -0.4 is 5.32 Å². The average Bonchev–Trinajstić information content (AvgIpc) is 3.21. The number of aryl methyl sites for hydroxylation is 3. The summed E-state index contributed by atoms with van der Waals surface area (Å²) in [6.45, 7) is 6.38. The fourth-order valence-electron chi connectivity index (χ4n) is 3.17. The van der Waals surface area contributed by atoms with Crippen LogP contribution in [-0.4, -0.2) is 44.2 Å². The number of nitrogens with one attached hydrogen (secondary N) is 1. The molecule has 2 heterocycles. The van der Waals surface area contributed by atoms with Crippen LogP contribution in [0.4, 0.5) is 0 Å². The third-order valence-electron chi connectivity index (χ3n) is 4.99. The zero-order valence-electron chi connectivity index (χ0n) is 17.0. The Labute approximate surface area is 165 Å². The molecule has 1 aliphatic carbocycles. The highest BCUT2D eigenvalue weighted by molar-refractivity contribution is 7.11. The fraction of sp³-hybridized carbons (Fsp3) is 0.684. The van der Waals surface area contributed by atoms with Gasteiger partial charge in [0.15, 0.2) is 11.8 Å². The normalized spacial score (nSPS) is 14.3. The van der Waals surface area contributed by atoms with Gasteiger partial charge < -0.3 is 14.8 Å². The third-order valence-corrected chi connectivity index (χ3v) is 6.13. The van der Waals surface area contributed by atoms with E-state index in [4.69, 9.17) is 9.98 Å². The Morgan fingerprint density at radius 2 is 2.11 bits per heavy atom. The lowest BCUT2D eigenvalue weighted by Crippen LogP contribution is -2.39. The van der Waals surface area contributed by atoms with Gasteiger partial charge in [0.2, 0.25) is 0 Å². The van der Waals surface area contributed by atoms with Crippen molar-refractivity contribution >= 4 is 17.3 Å². The van der Waals surface area contributed by atoms with E-state index in [9.17, 15) is 0 Å². The van der Waals surface area contributed by atoms with Gasteiger partial charge >= 0.3 is 0 Å². The number of hydrogen-bond acceptors (Lipinski definition) is 5. The molecule has 0 fully saturated rings. The summed E-state index contributed by atoms with van der Waals surface area (Å²) in [5, 5.41) is 13.0. The highest BCUT2D eigenvalue weighted by Gasteiger charge is 2.17. The number of unbranched alkanes of at least 4 members (excludes halogenated alkanes) is 1. The van der Waals surface area contributed by atoms with E-state index < -0.39 is 0 Å². The van der Waals surface area contributed by atoms with Crippen LogP contribution in [0.15, 0.2) is 4.99 Å². The van der Waals surface area contributed by atoms with Gasteiger partial charge in [-0.1, -0.05) is 13.3 Å². The van der Waals surface area contributed by atoms with Gasteiger partial charge in [-0.25, -0.2) is 9.98 Å². The fourth-order valence-corrected chi connectivity index (χ4v) is 4.38. The summed E-state index contributed by atoms with van der Waals surface area (Å²) < 4.78 is 1.99. The van der Waals surface area contributed by atoms with E-state index in [1.807, 2.05) is 29.9 Å². The minimum atomic E-state index is 0.518. The van der Waals surface area contributed by atoms with E-state index in [0.29, 0.717) is 6.54 Å². The number of aliphatic imine (C=N–C) groups is 1. The Morgan fingerprint density at radius 3 is 2.81 bits per heavy atom. The van der Waals surface area contributed by atoms with Crippen molar-refractivity contribution in [3.8, 4) is 0 Å². The van der Waals surface area contributed by atoms with E-state index in [-0.39, 0.29) is 0 Å². The largest absolute Gasteiger partial charge is 0.356 e. The van der Waals surface area contributed by atoms with Crippen molar-refractivity contribution in [3.05, 3.63) is 27.2 Å². The zero-order chi connectivity index (χ0) is 19.2. The van der Waals surface area contributed by atoms with Crippen molar-refractivity contribution in [1.82, 2.24) is 30.0 Å². The molecule has 1 N–H and O–H groups in total. The Hall–Kier alpha value is -1.96. The Morgan fingerprint density at radius 1 is 1.30 bits per heavy atom. The molecular weight excluding hydrogens is 358 g/mol. The first kappa shape index (κ1) is 19.8. The molecular formula is C19H31N7S. The lowest BCUT2D eigenvalue weighted by atomic mass is 10.0. The van der Waals surface area contributed by atoms with E-state index in [0.717, 1.165) is 50.0 Å². The maximum atomic E-state index is 4.87. The zero-order valence-corrected chi connectivity index (χ0v) is 17.8. The molecule has 0 radical (unpaired) electrons. The molecule has 3 rings (SSSR count). The van der Waals surface area contributed by atoms with Crippen LogP contribution >= 0.6 is 11.3 Å². The summed E-state index contributed by atoms with van der Waals surface area (Å²) in [6.07, 6.45) is 7.18. The summed E-state index contributed by atoms with van der Waals surface area (Å²) in [7, 11) is 4.06. The Balaban J connectivity index is 1.69. The van der Waals surface area contributed by atoms with Crippen LogP contribution in [0.3, 0.4) is 0 Å². The summed E-state index contributed by atoms with van der Waals surface area (Å²) in [5.41, 5.74) is 1.32. The lowest BCUT2D eigenvalue weighted by Gasteiger charge is -2.21. The predicted molar refractivity (Wildman–Crippen MR) is 110 cm³/mol. The summed E-state index contributed by atoms with van der Waals surface area (Å²) >= 11 is 1.87. The van der Waals surface area contributed by atoms with Crippen LogP contribution in [0, 0.1) is 6.92 Å². The topological polar surface area (TPSA) is 71.2 Å². The van der Waals surface area contributed by atoms with Crippen LogP contribution in [-0.2, 0) is 33.0 Å². The molecule has 0 saturated carbocycles. The van der Waals surface area contributed by atoms with Gasteiger partial charge in [-0.05, 0) is 39.0 Å². The highest BCUT2D eigenvalue weighted by atomic mass is 32.1.